The first kappa shape index (κ1) is 14.9. The van der Waals surface area contributed by atoms with Crippen LogP contribution in [0.5, 0.6) is 0 Å². The lowest BCUT2D eigenvalue weighted by Crippen LogP contribution is -2.31. The van der Waals surface area contributed by atoms with E-state index in [1.165, 1.54) is 0 Å². The lowest BCUT2D eigenvalue weighted by Gasteiger charge is -2.23. The lowest BCUT2D eigenvalue weighted by atomic mass is 10.1. The molecule has 1 amide bonds. The van der Waals surface area contributed by atoms with E-state index in [4.69, 9.17) is 0 Å². The van der Waals surface area contributed by atoms with Crippen LogP contribution in [0, 0.1) is 0 Å². The van der Waals surface area contributed by atoms with Crippen LogP contribution in [-0.4, -0.2) is 39.6 Å². The fraction of sp³-hybridized carbons (Fsp3) is 0.389. The second-order valence-electron chi connectivity index (χ2n) is 6.39. The van der Waals surface area contributed by atoms with Gasteiger partial charge in [-0.1, -0.05) is 0 Å². The number of H-pyrrole nitrogens is 1. The zero-order chi connectivity index (χ0) is 16.5. The number of nitrogens with one attached hydrogen (secondary N) is 1. The minimum atomic E-state index is 0.0537. The maximum Gasteiger partial charge on any atom is 0.254 e. The minimum Gasteiger partial charge on any atom is -0.347 e. The normalized spacial score (nSPS) is 20.5. The monoisotopic (exact) mass is 323 g/mol. The van der Waals surface area contributed by atoms with Crippen molar-refractivity contribution >= 4 is 17.3 Å². The molecule has 4 rings (SSSR count). The Bertz CT molecular complexity index is 750. The molecule has 6 nitrogen and oxygen atoms in total. The summed E-state index contributed by atoms with van der Waals surface area (Å²) in [4.78, 5) is 22.3. The van der Waals surface area contributed by atoms with Crippen LogP contribution in [0.2, 0.25) is 0 Å². The predicted molar refractivity (Wildman–Crippen MR) is 93.1 cm³/mol. The lowest BCUT2D eigenvalue weighted by molar-refractivity contribution is 0.0730. The third-order valence-electron chi connectivity index (χ3n) is 4.74. The Balaban J connectivity index is 1.52. The van der Waals surface area contributed by atoms with Crippen molar-refractivity contribution < 1.29 is 4.79 Å². The molecule has 1 saturated heterocycles. The number of hydrazone groups is 1. The SMILES string of the molecule is CC1=NN(c2ccc(C(=O)N3CCC[C@H]3c3ncc[nH]3)cc2)CC1. The van der Waals surface area contributed by atoms with Gasteiger partial charge in [0.2, 0.25) is 0 Å². The zero-order valence-corrected chi connectivity index (χ0v) is 13.8. The van der Waals surface area contributed by atoms with E-state index in [-0.39, 0.29) is 11.9 Å². The fourth-order valence-corrected chi connectivity index (χ4v) is 3.46. The van der Waals surface area contributed by atoms with E-state index in [0.717, 1.165) is 55.1 Å². The highest BCUT2D eigenvalue weighted by Gasteiger charge is 2.32. The maximum atomic E-state index is 12.9. The summed E-state index contributed by atoms with van der Waals surface area (Å²) in [6, 6.07) is 7.81. The summed E-state index contributed by atoms with van der Waals surface area (Å²) in [5, 5.41) is 6.49. The van der Waals surface area contributed by atoms with Gasteiger partial charge in [-0.2, -0.15) is 5.10 Å². The van der Waals surface area contributed by atoms with Crippen molar-refractivity contribution in [2.24, 2.45) is 5.10 Å². The Hall–Kier alpha value is -2.63. The number of nitrogens with zero attached hydrogens (tertiary/aromatic N) is 4. The zero-order valence-electron chi connectivity index (χ0n) is 13.8. The van der Waals surface area contributed by atoms with Crippen molar-refractivity contribution in [3.63, 3.8) is 0 Å². The van der Waals surface area contributed by atoms with Gasteiger partial charge >= 0.3 is 0 Å². The quantitative estimate of drug-likeness (QED) is 0.944. The largest absolute Gasteiger partial charge is 0.347 e. The Morgan fingerprint density at radius 1 is 1.25 bits per heavy atom. The molecule has 0 saturated carbocycles. The molecule has 6 heteroatoms. The molecule has 124 valence electrons. The number of likely N-dealkylation sites (tertiary alicyclic amines) is 1. The topological polar surface area (TPSA) is 64.6 Å². The molecule has 1 aromatic heterocycles. The summed E-state index contributed by atoms with van der Waals surface area (Å²) in [6.07, 6.45) is 6.52. The number of carbonyl (C=O) groups excluding carboxylic acids is 1. The first-order valence-electron chi connectivity index (χ1n) is 8.44. The van der Waals surface area contributed by atoms with Crippen LogP contribution in [-0.2, 0) is 0 Å². The summed E-state index contributed by atoms with van der Waals surface area (Å²) in [5.41, 5.74) is 2.90. The molecule has 1 N–H and O–H groups in total. The Labute approximate surface area is 141 Å². The fourth-order valence-electron chi connectivity index (χ4n) is 3.46. The van der Waals surface area contributed by atoms with E-state index < -0.39 is 0 Å². The number of aromatic nitrogens is 2. The minimum absolute atomic E-state index is 0.0537. The van der Waals surface area contributed by atoms with E-state index in [1.807, 2.05) is 47.3 Å². The first-order valence-corrected chi connectivity index (χ1v) is 8.44. The average Bonchev–Trinajstić information content (AvgIpc) is 3.35. The van der Waals surface area contributed by atoms with E-state index in [9.17, 15) is 4.79 Å². The number of carbonyl (C=O) groups is 1. The van der Waals surface area contributed by atoms with Gasteiger partial charge < -0.3 is 9.88 Å². The molecule has 0 unspecified atom stereocenters. The number of anilines is 1. The van der Waals surface area contributed by atoms with Crippen molar-refractivity contribution in [1.29, 1.82) is 0 Å². The molecule has 24 heavy (non-hydrogen) atoms. The van der Waals surface area contributed by atoms with E-state index in [0.29, 0.717) is 0 Å². The summed E-state index contributed by atoms with van der Waals surface area (Å²) >= 11 is 0. The van der Waals surface area contributed by atoms with Gasteiger partial charge in [-0.25, -0.2) is 4.98 Å². The summed E-state index contributed by atoms with van der Waals surface area (Å²) in [5.74, 6) is 0.945. The second kappa shape index (κ2) is 6.11. The van der Waals surface area contributed by atoms with Crippen molar-refractivity contribution in [3.8, 4) is 0 Å². The van der Waals surface area contributed by atoms with Gasteiger partial charge in [0.25, 0.3) is 5.91 Å². The Kier molecular flexibility index (Phi) is 3.80. The molecular formula is C18H21N5O. The molecule has 1 atom stereocenters. The first-order chi connectivity index (χ1) is 11.7. The van der Waals surface area contributed by atoms with E-state index in [2.05, 4.69) is 15.1 Å². The highest BCUT2D eigenvalue weighted by Crippen LogP contribution is 2.31. The van der Waals surface area contributed by atoms with E-state index >= 15 is 0 Å². The Morgan fingerprint density at radius 3 is 2.75 bits per heavy atom. The summed E-state index contributed by atoms with van der Waals surface area (Å²) in [6.45, 7) is 3.73. The van der Waals surface area contributed by atoms with Crippen LogP contribution in [0.3, 0.4) is 0 Å². The molecule has 0 bridgehead atoms. The molecule has 1 aromatic carbocycles. The number of rotatable bonds is 3. The van der Waals surface area contributed by atoms with Gasteiger partial charge in [0.1, 0.15) is 5.82 Å². The van der Waals surface area contributed by atoms with Gasteiger partial charge in [-0.3, -0.25) is 9.80 Å². The van der Waals surface area contributed by atoms with Crippen molar-refractivity contribution in [2.75, 3.05) is 18.1 Å². The Morgan fingerprint density at radius 2 is 2.08 bits per heavy atom. The molecular weight excluding hydrogens is 302 g/mol. The maximum absolute atomic E-state index is 12.9. The highest BCUT2D eigenvalue weighted by molar-refractivity contribution is 5.95. The number of imidazole rings is 1. The van der Waals surface area contributed by atoms with Crippen LogP contribution >= 0.6 is 0 Å². The van der Waals surface area contributed by atoms with Crippen LogP contribution in [0.15, 0.2) is 41.8 Å². The van der Waals surface area contributed by atoms with Crippen molar-refractivity contribution in [2.45, 2.75) is 32.2 Å². The average molecular weight is 323 g/mol. The van der Waals surface area contributed by atoms with Gasteiger partial charge in [-0.15, -0.1) is 0 Å². The summed E-state index contributed by atoms with van der Waals surface area (Å²) < 4.78 is 0. The van der Waals surface area contributed by atoms with Crippen LogP contribution in [0.1, 0.15) is 48.4 Å². The molecule has 0 radical (unpaired) electrons. The van der Waals surface area contributed by atoms with Gasteiger partial charge in [0.15, 0.2) is 0 Å². The standard InChI is InChI=1S/C18H21N5O/c1-13-8-12-23(21-13)15-6-4-14(5-7-15)18(24)22-11-2-3-16(22)17-19-9-10-20-17/h4-7,9-10,16H,2-3,8,11-12H2,1H3,(H,19,20)/t16-/m0/s1. The molecule has 2 aliphatic rings. The summed E-state index contributed by atoms with van der Waals surface area (Å²) in [7, 11) is 0. The van der Waals surface area contributed by atoms with Crippen molar-refractivity contribution in [3.05, 3.63) is 48.0 Å². The number of amides is 1. The van der Waals surface area contributed by atoms with Crippen molar-refractivity contribution in [1.82, 2.24) is 14.9 Å². The van der Waals surface area contributed by atoms with Crippen LogP contribution in [0.25, 0.3) is 0 Å². The highest BCUT2D eigenvalue weighted by atomic mass is 16.2. The number of hydrogen-bond donors (Lipinski definition) is 1. The molecule has 2 aromatic rings. The van der Waals surface area contributed by atoms with Crippen LogP contribution in [0.4, 0.5) is 5.69 Å². The van der Waals surface area contributed by atoms with Gasteiger partial charge in [0, 0.05) is 43.2 Å². The van der Waals surface area contributed by atoms with Gasteiger partial charge in [-0.05, 0) is 44.0 Å². The molecule has 2 aliphatic heterocycles. The molecule has 0 spiro atoms. The van der Waals surface area contributed by atoms with E-state index in [1.54, 1.807) is 6.20 Å². The third kappa shape index (κ3) is 2.68. The molecule has 1 fully saturated rings. The number of hydrogen-bond acceptors (Lipinski definition) is 4. The second-order valence-corrected chi connectivity index (χ2v) is 6.39. The molecule has 0 aliphatic carbocycles. The number of benzene rings is 1. The molecule has 3 heterocycles. The third-order valence-corrected chi connectivity index (χ3v) is 4.74. The van der Waals surface area contributed by atoms with Gasteiger partial charge in [0.05, 0.1) is 11.7 Å². The van der Waals surface area contributed by atoms with Crippen LogP contribution < -0.4 is 5.01 Å². The number of aromatic amines is 1. The smallest absolute Gasteiger partial charge is 0.254 e. The predicted octanol–water partition coefficient (Wildman–Crippen LogP) is 2.97.